The van der Waals surface area contributed by atoms with Crippen LogP contribution in [0.3, 0.4) is 0 Å². The van der Waals surface area contributed by atoms with Crippen molar-refractivity contribution in [2.75, 3.05) is 19.9 Å². The first kappa shape index (κ1) is 14.0. The third kappa shape index (κ3) is 3.20. The molecule has 0 aliphatic heterocycles. The minimum atomic E-state index is -3.27. The van der Waals surface area contributed by atoms with Crippen LogP contribution in [0.15, 0.2) is 23.1 Å². The van der Waals surface area contributed by atoms with E-state index >= 15 is 0 Å². The lowest BCUT2D eigenvalue weighted by Crippen LogP contribution is -2.08. The topological polar surface area (TPSA) is 69.4 Å². The Morgan fingerprint density at radius 1 is 1.41 bits per heavy atom. The largest absolute Gasteiger partial charge is 0.495 e. The molecular formula is C12H19NO3S. The SMILES string of the molecule is COc1c(C(C)CCN)cccc1S(C)(=O)=O. The summed E-state index contributed by atoms with van der Waals surface area (Å²) in [5.41, 5.74) is 6.41. The third-order valence-electron chi connectivity index (χ3n) is 2.74. The highest BCUT2D eigenvalue weighted by Crippen LogP contribution is 2.34. The fourth-order valence-corrected chi connectivity index (χ4v) is 2.70. The number of rotatable bonds is 5. The average molecular weight is 257 g/mol. The predicted octanol–water partition coefficient (Wildman–Crippen LogP) is 1.55. The fraction of sp³-hybridized carbons (Fsp3) is 0.500. The molecule has 1 aromatic rings. The minimum absolute atomic E-state index is 0.177. The van der Waals surface area contributed by atoms with E-state index in [1.165, 1.54) is 13.4 Å². The molecule has 0 spiro atoms. The monoisotopic (exact) mass is 257 g/mol. The summed E-state index contributed by atoms with van der Waals surface area (Å²) in [6.07, 6.45) is 1.98. The molecule has 1 aromatic carbocycles. The standard InChI is InChI=1S/C12H19NO3S/c1-9(7-8-13)10-5-4-6-11(12(10)16-2)17(3,14)15/h4-6,9H,7-8,13H2,1-3H3. The van der Waals surface area contributed by atoms with E-state index in [-0.39, 0.29) is 10.8 Å². The van der Waals surface area contributed by atoms with Crippen molar-refractivity contribution < 1.29 is 13.2 Å². The van der Waals surface area contributed by atoms with Crippen LogP contribution in [0.5, 0.6) is 5.75 Å². The zero-order chi connectivity index (χ0) is 13.1. The molecule has 0 saturated heterocycles. The van der Waals surface area contributed by atoms with Crippen molar-refractivity contribution in [3.05, 3.63) is 23.8 Å². The molecule has 0 amide bonds. The van der Waals surface area contributed by atoms with Crippen molar-refractivity contribution in [3.8, 4) is 5.75 Å². The molecule has 0 aliphatic rings. The predicted molar refractivity (Wildman–Crippen MR) is 68.2 cm³/mol. The maximum Gasteiger partial charge on any atom is 0.179 e. The van der Waals surface area contributed by atoms with Gasteiger partial charge >= 0.3 is 0 Å². The Balaban J connectivity index is 3.33. The van der Waals surface area contributed by atoms with Crippen molar-refractivity contribution in [1.82, 2.24) is 0 Å². The highest BCUT2D eigenvalue weighted by molar-refractivity contribution is 7.90. The van der Waals surface area contributed by atoms with Crippen LogP contribution < -0.4 is 10.5 Å². The van der Waals surface area contributed by atoms with E-state index in [0.717, 1.165) is 12.0 Å². The average Bonchev–Trinajstić information content (AvgIpc) is 2.27. The van der Waals surface area contributed by atoms with Gasteiger partial charge in [-0.05, 0) is 30.5 Å². The van der Waals surface area contributed by atoms with Gasteiger partial charge in [-0.2, -0.15) is 0 Å². The number of benzene rings is 1. The van der Waals surface area contributed by atoms with E-state index in [1.807, 2.05) is 13.0 Å². The van der Waals surface area contributed by atoms with Crippen molar-refractivity contribution in [2.45, 2.75) is 24.2 Å². The summed E-state index contributed by atoms with van der Waals surface area (Å²) in [5.74, 6) is 0.618. The summed E-state index contributed by atoms with van der Waals surface area (Å²) < 4.78 is 28.5. The summed E-state index contributed by atoms with van der Waals surface area (Å²) in [6, 6.07) is 5.18. The van der Waals surface area contributed by atoms with Crippen LogP contribution in [0.4, 0.5) is 0 Å². The van der Waals surface area contributed by atoms with Crippen molar-refractivity contribution in [2.24, 2.45) is 5.73 Å². The Morgan fingerprint density at radius 2 is 2.06 bits per heavy atom. The van der Waals surface area contributed by atoms with E-state index < -0.39 is 9.84 Å². The van der Waals surface area contributed by atoms with E-state index in [0.29, 0.717) is 12.3 Å². The van der Waals surface area contributed by atoms with Crippen molar-refractivity contribution >= 4 is 9.84 Å². The van der Waals surface area contributed by atoms with Gasteiger partial charge in [-0.1, -0.05) is 19.1 Å². The number of sulfone groups is 1. The second kappa shape index (κ2) is 5.51. The number of methoxy groups -OCH3 is 1. The van der Waals surface area contributed by atoms with E-state index in [1.54, 1.807) is 12.1 Å². The molecular weight excluding hydrogens is 238 g/mol. The highest BCUT2D eigenvalue weighted by atomic mass is 32.2. The van der Waals surface area contributed by atoms with Crippen LogP contribution in [-0.2, 0) is 9.84 Å². The van der Waals surface area contributed by atoms with Crippen LogP contribution in [0, 0.1) is 0 Å². The van der Waals surface area contributed by atoms with Crippen LogP contribution in [0.2, 0.25) is 0 Å². The lowest BCUT2D eigenvalue weighted by molar-refractivity contribution is 0.393. The Morgan fingerprint density at radius 3 is 2.53 bits per heavy atom. The van der Waals surface area contributed by atoms with Crippen LogP contribution in [0.25, 0.3) is 0 Å². The first-order valence-electron chi connectivity index (χ1n) is 5.48. The second-order valence-electron chi connectivity index (χ2n) is 4.13. The molecule has 0 saturated carbocycles. The van der Waals surface area contributed by atoms with Gasteiger partial charge in [0.15, 0.2) is 9.84 Å². The Kier molecular flexibility index (Phi) is 4.54. The molecule has 4 nitrogen and oxygen atoms in total. The Hall–Kier alpha value is -1.07. The molecule has 0 aromatic heterocycles. The lowest BCUT2D eigenvalue weighted by atomic mass is 9.97. The Bertz CT molecular complexity index is 483. The third-order valence-corrected chi connectivity index (χ3v) is 3.86. The van der Waals surface area contributed by atoms with Gasteiger partial charge < -0.3 is 10.5 Å². The van der Waals surface area contributed by atoms with Gasteiger partial charge in [0.25, 0.3) is 0 Å². The first-order chi connectivity index (χ1) is 7.91. The summed E-state index contributed by atoms with van der Waals surface area (Å²) >= 11 is 0. The molecule has 0 heterocycles. The Labute approximate surface area is 103 Å². The van der Waals surface area contributed by atoms with E-state index in [9.17, 15) is 8.42 Å². The maximum absolute atomic E-state index is 11.6. The molecule has 1 rings (SSSR count). The minimum Gasteiger partial charge on any atom is -0.495 e. The maximum atomic E-state index is 11.6. The fourth-order valence-electron chi connectivity index (χ4n) is 1.84. The van der Waals surface area contributed by atoms with Gasteiger partial charge in [0, 0.05) is 6.26 Å². The molecule has 2 N–H and O–H groups in total. The van der Waals surface area contributed by atoms with Crippen LogP contribution >= 0.6 is 0 Å². The molecule has 0 radical (unpaired) electrons. The number of nitrogens with two attached hydrogens (primary N) is 1. The quantitative estimate of drug-likeness (QED) is 0.869. The molecule has 1 atom stereocenters. The summed E-state index contributed by atoms with van der Waals surface area (Å²) in [4.78, 5) is 0.237. The summed E-state index contributed by atoms with van der Waals surface area (Å²) in [5, 5.41) is 0. The molecule has 96 valence electrons. The van der Waals surface area contributed by atoms with Crippen LogP contribution in [-0.4, -0.2) is 28.3 Å². The van der Waals surface area contributed by atoms with Crippen LogP contribution in [0.1, 0.15) is 24.8 Å². The zero-order valence-electron chi connectivity index (χ0n) is 10.4. The highest BCUT2D eigenvalue weighted by Gasteiger charge is 2.19. The first-order valence-corrected chi connectivity index (χ1v) is 7.38. The van der Waals surface area contributed by atoms with Gasteiger partial charge in [0.05, 0.1) is 7.11 Å². The molecule has 1 unspecified atom stereocenters. The number of ether oxygens (including phenoxy) is 1. The smallest absolute Gasteiger partial charge is 0.179 e. The second-order valence-corrected chi connectivity index (χ2v) is 6.11. The van der Waals surface area contributed by atoms with Gasteiger partial charge in [-0.15, -0.1) is 0 Å². The van der Waals surface area contributed by atoms with Gasteiger partial charge in [-0.3, -0.25) is 0 Å². The van der Waals surface area contributed by atoms with Crippen molar-refractivity contribution in [1.29, 1.82) is 0 Å². The number of hydrogen-bond donors (Lipinski definition) is 1. The number of hydrogen-bond acceptors (Lipinski definition) is 4. The number of para-hydroxylation sites is 1. The zero-order valence-corrected chi connectivity index (χ0v) is 11.3. The molecule has 17 heavy (non-hydrogen) atoms. The molecule has 0 aliphatic carbocycles. The van der Waals surface area contributed by atoms with E-state index in [2.05, 4.69) is 0 Å². The van der Waals surface area contributed by atoms with Gasteiger partial charge in [0.1, 0.15) is 10.6 Å². The summed E-state index contributed by atoms with van der Waals surface area (Å²) in [7, 11) is -1.78. The normalized spacial score (nSPS) is 13.4. The van der Waals surface area contributed by atoms with E-state index in [4.69, 9.17) is 10.5 Å². The van der Waals surface area contributed by atoms with Gasteiger partial charge in [-0.25, -0.2) is 8.42 Å². The summed E-state index contributed by atoms with van der Waals surface area (Å²) in [6.45, 7) is 2.57. The molecule has 0 bridgehead atoms. The molecule has 5 heteroatoms. The van der Waals surface area contributed by atoms with Gasteiger partial charge in [0.2, 0.25) is 0 Å². The van der Waals surface area contributed by atoms with Crippen molar-refractivity contribution in [3.63, 3.8) is 0 Å². The molecule has 0 fully saturated rings. The lowest BCUT2D eigenvalue weighted by Gasteiger charge is -2.17.